The average Bonchev–Trinajstić information content (AvgIpc) is 2.83. The fraction of sp³-hybridized carbons (Fsp3) is 0.444. The molecule has 1 aliphatic carbocycles. The maximum Gasteiger partial charge on any atom is 0.0458 e. The highest BCUT2D eigenvalue weighted by Gasteiger charge is 2.29. The topological polar surface area (TPSA) is 12.0 Å². The number of fused-ring (bicyclic) bond motifs is 1. The van der Waals surface area contributed by atoms with Gasteiger partial charge in [-0.05, 0) is 71.8 Å². The van der Waals surface area contributed by atoms with E-state index in [1.54, 1.807) is 11.1 Å². The minimum absolute atomic E-state index is 0.469. The molecule has 3 rings (SSSR count). The van der Waals surface area contributed by atoms with Gasteiger partial charge in [0.15, 0.2) is 0 Å². The molecule has 112 valence electrons. The van der Waals surface area contributed by atoms with Crippen molar-refractivity contribution in [3.05, 3.63) is 55.7 Å². The van der Waals surface area contributed by atoms with E-state index < -0.39 is 0 Å². The van der Waals surface area contributed by atoms with Gasteiger partial charge in [0.05, 0.1) is 0 Å². The van der Waals surface area contributed by atoms with E-state index in [4.69, 9.17) is 0 Å². The first-order valence-electron chi connectivity index (χ1n) is 7.75. The van der Waals surface area contributed by atoms with Gasteiger partial charge in [-0.15, -0.1) is 11.3 Å². The van der Waals surface area contributed by atoms with E-state index in [0.29, 0.717) is 12.0 Å². The summed E-state index contributed by atoms with van der Waals surface area (Å²) in [6.07, 6.45) is 3.68. The van der Waals surface area contributed by atoms with Gasteiger partial charge in [0.1, 0.15) is 0 Å². The molecule has 0 fully saturated rings. The standard InChI is InChI=1S/C18H22BrNS/c1-3-20-17(18-16(19)10-12(2)21-18)15-9-8-13-6-4-5-7-14(13)11-15/h4-7,10,15,17,20H,3,8-9,11H2,1-2H3. The number of hydrogen-bond acceptors (Lipinski definition) is 2. The average molecular weight is 364 g/mol. The van der Waals surface area contributed by atoms with Crippen molar-refractivity contribution in [3.8, 4) is 0 Å². The fourth-order valence-corrected chi connectivity index (χ4v) is 5.48. The first-order valence-corrected chi connectivity index (χ1v) is 9.36. The van der Waals surface area contributed by atoms with Gasteiger partial charge in [0.2, 0.25) is 0 Å². The summed E-state index contributed by atoms with van der Waals surface area (Å²) >= 11 is 5.68. The Hall–Kier alpha value is -0.640. The Balaban J connectivity index is 1.87. The van der Waals surface area contributed by atoms with Crippen LogP contribution in [-0.2, 0) is 12.8 Å². The number of thiophene rings is 1. The zero-order valence-electron chi connectivity index (χ0n) is 12.7. The molecule has 2 atom stereocenters. The summed E-state index contributed by atoms with van der Waals surface area (Å²) in [5.41, 5.74) is 3.09. The van der Waals surface area contributed by atoms with Crippen molar-refractivity contribution in [3.63, 3.8) is 0 Å². The van der Waals surface area contributed by atoms with Crippen LogP contribution in [0.1, 0.15) is 40.3 Å². The number of halogens is 1. The lowest BCUT2D eigenvalue weighted by molar-refractivity contribution is 0.334. The molecule has 0 saturated carbocycles. The van der Waals surface area contributed by atoms with Crippen LogP contribution in [0.2, 0.25) is 0 Å². The second-order valence-corrected chi connectivity index (χ2v) is 8.02. The highest BCUT2D eigenvalue weighted by Crippen LogP contribution is 2.40. The van der Waals surface area contributed by atoms with Crippen molar-refractivity contribution < 1.29 is 0 Å². The van der Waals surface area contributed by atoms with Crippen LogP contribution in [0.25, 0.3) is 0 Å². The fourth-order valence-electron chi connectivity index (χ4n) is 3.42. The summed E-state index contributed by atoms with van der Waals surface area (Å²) in [6.45, 7) is 5.42. The van der Waals surface area contributed by atoms with Crippen molar-refractivity contribution in [1.82, 2.24) is 5.32 Å². The van der Waals surface area contributed by atoms with Crippen molar-refractivity contribution in [2.75, 3.05) is 6.54 Å². The number of benzene rings is 1. The molecule has 21 heavy (non-hydrogen) atoms. The highest BCUT2D eigenvalue weighted by molar-refractivity contribution is 9.10. The Morgan fingerprint density at radius 2 is 2.10 bits per heavy atom. The van der Waals surface area contributed by atoms with Crippen LogP contribution < -0.4 is 5.32 Å². The summed E-state index contributed by atoms with van der Waals surface area (Å²) < 4.78 is 1.27. The Morgan fingerprint density at radius 1 is 1.33 bits per heavy atom. The molecule has 0 amide bonds. The lowest BCUT2D eigenvalue weighted by atomic mass is 9.79. The summed E-state index contributed by atoms with van der Waals surface area (Å²) in [5, 5.41) is 3.73. The maximum atomic E-state index is 3.76. The van der Waals surface area contributed by atoms with Crippen molar-refractivity contribution in [2.45, 2.75) is 39.2 Å². The highest BCUT2D eigenvalue weighted by atomic mass is 79.9. The molecule has 1 aromatic heterocycles. The van der Waals surface area contributed by atoms with Gasteiger partial charge < -0.3 is 5.32 Å². The second-order valence-electron chi connectivity index (χ2n) is 5.88. The first-order chi connectivity index (χ1) is 10.2. The summed E-state index contributed by atoms with van der Waals surface area (Å²) in [4.78, 5) is 2.86. The van der Waals surface area contributed by atoms with Crippen molar-refractivity contribution in [2.24, 2.45) is 5.92 Å². The van der Waals surface area contributed by atoms with Crippen molar-refractivity contribution >= 4 is 27.3 Å². The van der Waals surface area contributed by atoms with Crippen LogP contribution in [0.3, 0.4) is 0 Å². The van der Waals surface area contributed by atoms with Gasteiger partial charge in [-0.2, -0.15) is 0 Å². The third-order valence-electron chi connectivity index (χ3n) is 4.40. The van der Waals surface area contributed by atoms with E-state index >= 15 is 0 Å². The predicted molar refractivity (Wildman–Crippen MR) is 95.1 cm³/mol. The SMILES string of the molecule is CCNC(c1sc(C)cc1Br)C1CCc2ccccc2C1. The zero-order valence-corrected chi connectivity index (χ0v) is 15.1. The molecule has 0 saturated heterocycles. The van der Waals surface area contributed by atoms with Crippen LogP contribution in [-0.4, -0.2) is 6.54 Å². The molecule has 0 bridgehead atoms. The second kappa shape index (κ2) is 6.64. The Morgan fingerprint density at radius 3 is 2.76 bits per heavy atom. The molecular weight excluding hydrogens is 342 g/mol. The number of nitrogens with one attached hydrogen (secondary N) is 1. The Labute approximate surface area is 139 Å². The molecule has 1 aromatic carbocycles. The smallest absolute Gasteiger partial charge is 0.0458 e. The van der Waals surface area contributed by atoms with Crippen LogP contribution >= 0.6 is 27.3 Å². The van der Waals surface area contributed by atoms with Gasteiger partial charge in [-0.1, -0.05) is 31.2 Å². The van der Waals surface area contributed by atoms with Gasteiger partial charge in [-0.25, -0.2) is 0 Å². The molecule has 1 N–H and O–H groups in total. The Kier molecular flexibility index (Phi) is 4.82. The van der Waals surface area contributed by atoms with Gasteiger partial charge in [0, 0.05) is 20.3 Å². The van der Waals surface area contributed by atoms with Crippen LogP contribution in [0.15, 0.2) is 34.8 Å². The molecule has 2 aromatic rings. The number of rotatable bonds is 4. The summed E-state index contributed by atoms with van der Waals surface area (Å²) in [6, 6.07) is 11.7. The molecule has 1 aliphatic rings. The normalized spacial score (nSPS) is 19.3. The van der Waals surface area contributed by atoms with E-state index in [9.17, 15) is 0 Å². The zero-order chi connectivity index (χ0) is 14.8. The third-order valence-corrected chi connectivity index (χ3v) is 6.45. The Bertz CT molecular complexity index is 619. The first kappa shape index (κ1) is 15.3. The molecular formula is C18H22BrNS. The van der Waals surface area contributed by atoms with Crippen LogP contribution in [0.5, 0.6) is 0 Å². The van der Waals surface area contributed by atoms with Crippen LogP contribution in [0.4, 0.5) is 0 Å². The van der Waals surface area contributed by atoms with Gasteiger partial charge in [0.25, 0.3) is 0 Å². The minimum Gasteiger partial charge on any atom is -0.309 e. The minimum atomic E-state index is 0.469. The van der Waals surface area contributed by atoms with Crippen LogP contribution in [0, 0.1) is 12.8 Å². The van der Waals surface area contributed by atoms with E-state index in [2.05, 4.69) is 65.4 Å². The quantitative estimate of drug-likeness (QED) is 0.779. The largest absolute Gasteiger partial charge is 0.309 e. The third kappa shape index (κ3) is 3.25. The summed E-state index contributed by atoms with van der Waals surface area (Å²) in [5.74, 6) is 0.689. The van der Waals surface area contributed by atoms with Gasteiger partial charge in [-0.3, -0.25) is 0 Å². The monoisotopic (exact) mass is 363 g/mol. The lowest BCUT2D eigenvalue weighted by Crippen LogP contribution is -2.31. The molecule has 0 aliphatic heterocycles. The molecule has 0 spiro atoms. The maximum absolute atomic E-state index is 3.76. The predicted octanol–water partition coefficient (Wildman–Crippen LogP) is 5.27. The van der Waals surface area contributed by atoms with Gasteiger partial charge >= 0.3 is 0 Å². The molecule has 0 radical (unpaired) electrons. The van der Waals surface area contributed by atoms with E-state index in [1.165, 1.54) is 33.5 Å². The van der Waals surface area contributed by atoms with Crippen molar-refractivity contribution in [1.29, 1.82) is 0 Å². The number of hydrogen-bond donors (Lipinski definition) is 1. The lowest BCUT2D eigenvalue weighted by Gasteiger charge is -2.32. The van der Waals surface area contributed by atoms with E-state index in [1.807, 2.05) is 11.3 Å². The molecule has 1 nitrogen and oxygen atoms in total. The number of aryl methyl sites for hydroxylation is 2. The molecule has 1 heterocycles. The molecule has 3 heteroatoms. The van der Waals surface area contributed by atoms with E-state index in [-0.39, 0.29) is 0 Å². The van der Waals surface area contributed by atoms with E-state index in [0.717, 1.165) is 6.54 Å². The summed E-state index contributed by atoms with van der Waals surface area (Å²) in [7, 11) is 0. The molecule has 2 unspecified atom stereocenters.